The van der Waals surface area contributed by atoms with E-state index in [0.717, 1.165) is 16.5 Å². The number of nitrogens with zero attached hydrogens (tertiary/aromatic N) is 3. The molecule has 2 aromatic heterocycles. The fraction of sp³-hybridized carbons (Fsp3) is 0.308. The number of aryl methyl sites for hydroxylation is 1. The van der Waals surface area contributed by atoms with Crippen molar-refractivity contribution < 1.29 is 0 Å². The van der Waals surface area contributed by atoms with Crippen LogP contribution in [0.3, 0.4) is 0 Å². The first kappa shape index (κ1) is 18.1. The second-order valence-electron chi connectivity index (χ2n) is 4.13. The molecule has 0 aliphatic heterocycles. The van der Waals surface area contributed by atoms with Crippen LogP contribution in [0.5, 0.6) is 0 Å². The summed E-state index contributed by atoms with van der Waals surface area (Å²) in [6.45, 7) is 3.35. The molecule has 114 valence electrons. The molecule has 0 bridgehead atoms. The third-order valence-corrected chi connectivity index (χ3v) is 3.68. The zero-order valence-corrected chi connectivity index (χ0v) is 15.7. The Kier molecular flexibility index (Phi) is 7.91. The Labute approximate surface area is 150 Å². The summed E-state index contributed by atoms with van der Waals surface area (Å²) in [4.78, 5) is 13.7. The Morgan fingerprint density at radius 2 is 2.00 bits per heavy atom. The largest absolute Gasteiger partial charge is 0.352 e. The van der Waals surface area contributed by atoms with Gasteiger partial charge in [-0.2, -0.15) is 0 Å². The highest BCUT2D eigenvalue weighted by Crippen LogP contribution is 2.10. The predicted molar refractivity (Wildman–Crippen MR) is 98.6 cm³/mol. The number of aliphatic imine (C=N–C) groups is 1. The first-order chi connectivity index (χ1) is 9.67. The molecule has 0 fully saturated rings. The molecule has 0 unspecified atom stereocenters. The number of thiazole rings is 1. The highest BCUT2D eigenvalue weighted by atomic mass is 127. The second kappa shape index (κ2) is 9.16. The van der Waals surface area contributed by atoms with Gasteiger partial charge >= 0.3 is 0 Å². The van der Waals surface area contributed by atoms with E-state index in [1.807, 2.05) is 19.2 Å². The molecule has 21 heavy (non-hydrogen) atoms. The van der Waals surface area contributed by atoms with Crippen LogP contribution < -0.4 is 10.6 Å². The number of pyridine rings is 1. The Balaban J connectivity index is 0.00000220. The normalized spacial score (nSPS) is 10.9. The molecule has 0 aliphatic rings. The van der Waals surface area contributed by atoms with E-state index in [-0.39, 0.29) is 24.0 Å². The quantitative estimate of drug-likeness (QED) is 0.334. The van der Waals surface area contributed by atoms with Gasteiger partial charge < -0.3 is 10.6 Å². The van der Waals surface area contributed by atoms with Crippen molar-refractivity contribution in [3.63, 3.8) is 0 Å². The van der Waals surface area contributed by atoms with Gasteiger partial charge in [-0.1, -0.05) is 17.7 Å². The maximum atomic E-state index is 5.75. The number of rotatable bonds is 4. The van der Waals surface area contributed by atoms with Crippen LogP contribution in [-0.2, 0) is 13.1 Å². The van der Waals surface area contributed by atoms with E-state index in [0.29, 0.717) is 18.2 Å². The topological polar surface area (TPSA) is 62.2 Å². The maximum Gasteiger partial charge on any atom is 0.191 e. The number of guanidine groups is 1. The number of halogens is 2. The summed E-state index contributed by atoms with van der Waals surface area (Å²) in [5.41, 5.74) is 1.04. The molecular weight excluding hydrogens is 421 g/mol. The van der Waals surface area contributed by atoms with Crippen LogP contribution in [0, 0.1) is 6.92 Å². The molecule has 0 radical (unpaired) electrons. The van der Waals surface area contributed by atoms with E-state index in [9.17, 15) is 0 Å². The third-order valence-electron chi connectivity index (χ3n) is 2.55. The minimum absolute atomic E-state index is 0. The van der Waals surface area contributed by atoms with Gasteiger partial charge in [-0.15, -0.1) is 35.3 Å². The standard InChI is InChI=1S/C13H16ClN5S.HI/c1-9-5-17-12(20-9)8-19-13(15-2)18-7-10-3-4-11(14)16-6-10;/h3-6H,7-8H2,1-2H3,(H2,15,18,19);1H. The zero-order valence-electron chi connectivity index (χ0n) is 11.8. The van der Waals surface area contributed by atoms with Gasteiger partial charge in [-0.25, -0.2) is 9.97 Å². The SMILES string of the molecule is CN=C(NCc1ccc(Cl)nc1)NCc1ncc(C)s1.I. The molecule has 2 heterocycles. The average molecular weight is 438 g/mol. The van der Waals surface area contributed by atoms with Crippen molar-refractivity contribution in [2.75, 3.05) is 7.05 Å². The lowest BCUT2D eigenvalue weighted by atomic mass is 10.3. The van der Waals surface area contributed by atoms with Gasteiger partial charge in [-0.3, -0.25) is 4.99 Å². The van der Waals surface area contributed by atoms with Gasteiger partial charge in [0.25, 0.3) is 0 Å². The lowest BCUT2D eigenvalue weighted by Gasteiger charge is -2.10. The fourth-order valence-electron chi connectivity index (χ4n) is 1.56. The molecule has 2 aromatic rings. The first-order valence-corrected chi connectivity index (χ1v) is 7.33. The molecule has 8 heteroatoms. The molecule has 0 saturated heterocycles. The predicted octanol–water partition coefficient (Wildman–Crippen LogP) is 2.98. The van der Waals surface area contributed by atoms with Gasteiger partial charge in [-0.05, 0) is 18.6 Å². The van der Waals surface area contributed by atoms with Crippen molar-refractivity contribution in [3.8, 4) is 0 Å². The molecule has 0 spiro atoms. The molecule has 0 amide bonds. The van der Waals surface area contributed by atoms with Crippen LogP contribution in [0.1, 0.15) is 15.4 Å². The Bertz CT molecular complexity index is 585. The minimum Gasteiger partial charge on any atom is -0.352 e. The smallest absolute Gasteiger partial charge is 0.191 e. The molecule has 0 saturated carbocycles. The summed E-state index contributed by atoms with van der Waals surface area (Å²) in [7, 11) is 1.74. The van der Waals surface area contributed by atoms with Gasteiger partial charge in [0, 0.05) is 30.9 Å². The Hall–Kier alpha value is -0.930. The van der Waals surface area contributed by atoms with E-state index < -0.39 is 0 Å². The second-order valence-corrected chi connectivity index (χ2v) is 5.84. The number of aromatic nitrogens is 2. The molecule has 2 N–H and O–H groups in total. The van der Waals surface area contributed by atoms with Crippen LogP contribution in [0.25, 0.3) is 0 Å². The van der Waals surface area contributed by atoms with E-state index in [1.165, 1.54) is 4.88 Å². The maximum absolute atomic E-state index is 5.75. The minimum atomic E-state index is 0. The van der Waals surface area contributed by atoms with E-state index >= 15 is 0 Å². The number of hydrogen-bond donors (Lipinski definition) is 2. The van der Waals surface area contributed by atoms with Crippen molar-refractivity contribution in [3.05, 3.63) is 45.1 Å². The van der Waals surface area contributed by atoms with Gasteiger partial charge in [0.15, 0.2) is 5.96 Å². The lowest BCUT2D eigenvalue weighted by molar-refractivity contribution is 0.803. The number of nitrogens with one attached hydrogen (secondary N) is 2. The summed E-state index contributed by atoms with van der Waals surface area (Å²) in [6.07, 6.45) is 3.62. The summed E-state index contributed by atoms with van der Waals surface area (Å²) in [6, 6.07) is 3.70. The molecule has 5 nitrogen and oxygen atoms in total. The zero-order chi connectivity index (χ0) is 14.4. The highest BCUT2D eigenvalue weighted by molar-refractivity contribution is 14.0. The first-order valence-electron chi connectivity index (χ1n) is 6.13. The van der Waals surface area contributed by atoms with Gasteiger partial charge in [0.2, 0.25) is 0 Å². The molecule has 0 aliphatic carbocycles. The Morgan fingerprint density at radius 1 is 1.24 bits per heavy atom. The van der Waals surface area contributed by atoms with Gasteiger partial charge in [0.05, 0.1) is 6.54 Å². The van der Waals surface area contributed by atoms with Crippen LogP contribution in [0.15, 0.2) is 29.5 Å². The van der Waals surface area contributed by atoms with Crippen molar-refractivity contribution in [2.45, 2.75) is 20.0 Å². The van der Waals surface area contributed by atoms with Gasteiger partial charge in [0.1, 0.15) is 10.2 Å². The Morgan fingerprint density at radius 3 is 2.57 bits per heavy atom. The molecule has 0 atom stereocenters. The molecule has 2 rings (SSSR count). The summed E-state index contributed by atoms with van der Waals surface area (Å²) >= 11 is 7.42. The average Bonchev–Trinajstić information content (AvgIpc) is 2.87. The van der Waals surface area contributed by atoms with E-state index in [4.69, 9.17) is 11.6 Å². The molecular formula is C13H17ClIN5S. The van der Waals surface area contributed by atoms with E-state index in [1.54, 1.807) is 30.6 Å². The van der Waals surface area contributed by atoms with Crippen LogP contribution >= 0.6 is 46.9 Å². The monoisotopic (exact) mass is 437 g/mol. The van der Waals surface area contributed by atoms with Crippen LogP contribution in [0.2, 0.25) is 5.15 Å². The summed E-state index contributed by atoms with van der Waals surface area (Å²) in [5.74, 6) is 0.729. The van der Waals surface area contributed by atoms with Crippen molar-refractivity contribution in [1.82, 2.24) is 20.6 Å². The number of hydrogen-bond acceptors (Lipinski definition) is 4. The summed E-state index contributed by atoms with van der Waals surface area (Å²) in [5, 5.41) is 7.97. The van der Waals surface area contributed by atoms with Crippen molar-refractivity contribution in [1.29, 1.82) is 0 Å². The highest BCUT2D eigenvalue weighted by Gasteiger charge is 2.02. The van der Waals surface area contributed by atoms with Crippen LogP contribution in [-0.4, -0.2) is 23.0 Å². The van der Waals surface area contributed by atoms with Crippen molar-refractivity contribution >= 4 is 52.9 Å². The van der Waals surface area contributed by atoms with E-state index in [2.05, 4.69) is 25.6 Å². The fourth-order valence-corrected chi connectivity index (χ4v) is 2.40. The van der Waals surface area contributed by atoms with Crippen molar-refractivity contribution in [2.24, 2.45) is 4.99 Å². The summed E-state index contributed by atoms with van der Waals surface area (Å²) < 4.78 is 0. The van der Waals surface area contributed by atoms with Crippen LogP contribution in [0.4, 0.5) is 0 Å². The third kappa shape index (κ3) is 6.15. The lowest BCUT2D eigenvalue weighted by Crippen LogP contribution is -2.36. The molecule has 0 aromatic carbocycles.